The van der Waals surface area contributed by atoms with Crippen LogP contribution in [0, 0.1) is 17.3 Å². The molecule has 0 aromatic carbocycles. The van der Waals surface area contributed by atoms with Crippen LogP contribution >= 0.6 is 0 Å². The molecule has 1 N–H and O–H groups in total. The quantitative estimate of drug-likeness (QED) is 0.553. The molecule has 6 heteroatoms. The van der Waals surface area contributed by atoms with Gasteiger partial charge in [-0.05, 0) is 43.6 Å². The first-order valence-corrected chi connectivity index (χ1v) is 10.3. The molecule has 0 unspecified atom stereocenters. The Morgan fingerprint density at radius 1 is 1.11 bits per heavy atom. The summed E-state index contributed by atoms with van der Waals surface area (Å²) in [7, 11) is 0. The van der Waals surface area contributed by atoms with E-state index < -0.39 is 22.4 Å². The Labute approximate surface area is 158 Å². The monoisotopic (exact) mass is 374 g/mol. The summed E-state index contributed by atoms with van der Waals surface area (Å²) in [6.07, 6.45) is 2.24. The molecule has 7 aliphatic rings. The topological polar surface area (TPSA) is 84.1 Å². The van der Waals surface area contributed by atoms with Gasteiger partial charge in [0, 0.05) is 11.0 Å². The number of fused-ring (bicyclic) bond motifs is 4. The number of rotatable bonds is 1. The van der Waals surface area contributed by atoms with Crippen LogP contribution in [-0.2, 0) is 23.7 Å². The van der Waals surface area contributed by atoms with Crippen LogP contribution in [0.2, 0.25) is 0 Å². The fraction of sp³-hybridized carbons (Fsp3) is 0.857. The molecule has 3 saturated heterocycles. The highest BCUT2D eigenvalue weighted by Gasteiger charge is 3.03. The molecule has 0 amide bonds. The van der Waals surface area contributed by atoms with Crippen molar-refractivity contribution in [3.63, 3.8) is 0 Å². The molecular weight excluding hydrogens is 348 g/mol. The van der Waals surface area contributed by atoms with Crippen LogP contribution in [0.1, 0.15) is 47.0 Å². The van der Waals surface area contributed by atoms with Gasteiger partial charge in [0.2, 0.25) is 0 Å². The minimum absolute atomic E-state index is 0.0295. The van der Waals surface area contributed by atoms with Crippen LogP contribution < -0.4 is 0 Å². The number of epoxide rings is 3. The van der Waals surface area contributed by atoms with E-state index in [-0.39, 0.29) is 41.5 Å². The van der Waals surface area contributed by atoms with Gasteiger partial charge in [-0.25, -0.2) is 4.79 Å². The first-order chi connectivity index (χ1) is 12.7. The lowest BCUT2D eigenvalue weighted by atomic mass is 9.44. The molecule has 5 fully saturated rings. The molecular formula is C21H26O6. The molecule has 27 heavy (non-hydrogen) atoms. The van der Waals surface area contributed by atoms with E-state index in [1.807, 2.05) is 6.92 Å². The van der Waals surface area contributed by atoms with Gasteiger partial charge in [-0.2, -0.15) is 0 Å². The van der Waals surface area contributed by atoms with E-state index >= 15 is 0 Å². The van der Waals surface area contributed by atoms with Crippen molar-refractivity contribution in [2.45, 2.75) is 87.7 Å². The first-order valence-electron chi connectivity index (χ1n) is 10.3. The van der Waals surface area contributed by atoms with E-state index in [0.29, 0.717) is 6.61 Å². The van der Waals surface area contributed by atoms with Gasteiger partial charge in [0.25, 0.3) is 0 Å². The van der Waals surface area contributed by atoms with Crippen molar-refractivity contribution >= 4 is 5.97 Å². The van der Waals surface area contributed by atoms with Crippen LogP contribution in [-0.4, -0.2) is 58.4 Å². The fourth-order valence-electron chi connectivity index (χ4n) is 8.34. The lowest BCUT2D eigenvalue weighted by Crippen LogP contribution is -2.74. The predicted octanol–water partition coefficient (Wildman–Crippen LogP) is 1.49. The summed E-state index contributed by atoms with van der Waals surface area (Å²) in [5, 5.41) is 11.9. The Bertz CT molecular complexity index is 861. The number of carbonyl (C=O) groups is 1. The third-order valence-electron chi connectivity index (χ3n) is 9.61. The zero-order valence-corrected chi connectivity index (χ0v) is 16.2. The van der Waals surface area contributed by atoms with E-state index in [1.54, 1.807) is 0 Å². The minimum Gasteiger partial charge on any atom is -0.458 e. The Morgan fingerprint density at radius 3 is 2.63 bits per heavy atom. The first kappa shape index (κ1) is 15.9. The maximum atomic E-state index is 12.1. The van der Waals surface area contributed by atoms with Crippen molar-refractivity contribution < 1.29 is 28.8 Å². The number of esters is 1. The lowest BCUT2D eigenvalue weighted by molar-refractivity contribution is -0.157. The van der Waals surface area contributed by atoms with Crippen molar-refractivity contribution in [1.82, 2.24) is 0 Å². The normalized spacial score (nSPS) is 64.0. The SMILES string of the molecule is CC(C)[C@]12O[C@H]1[C@@H]1O[C@]13[C@]1(O[C@H]1C[C@H]1C4=C(CC[C@@]13C)C(=O)OC4)[C@@]2(C)O. The van der Waals surface area contributed by atoms with Crippen molar-refractivity contribution in [2.75, 3.05) is 6.61 Å². The molecule has 9 atom stereocenters. The van der Waals surface area contributed by atoms with Gasteiger partial charge in [-0.3, -0.25) is 0 Å². The molecule has 3 aliphatic carbocycles. The Balaban J connectivity index is 1.41. The van der Waals surface area contributed by atoms with Gasteiger partial charge in [-0.1, -0.05) is 20.8 Å². The van der Waals surface area contributed by atoms with Crippen molar-refractivity contribution in [3.05, 3.63) is 11.1 Å². The van der Waals surface area contributed by atoms with Crippen LogP contribution in [0.15, 0.2) is 11.1 Å². The van der Waals surface area contributed by atoms with Gasteiger partial charge >= 0.3 is 5.97 Å². The zero-order valence-electron chi connectivity index (χ0n) is 16.2. The fourth-order valence-corrected chi connectivity index (χ4v) is 8.34. The molecule has 2 spiro atoms. The molecule has 0 aromatic heterocycles. The van der Waals surface area contributed by atoms with Crippen LogP contribution in [0.5, 0.6) is 0 Å². The molecule has 0 bridgehead atoms. The number of hydrogen-bond donors (Lipinski definition) is 1. The summed E-state index contributed by atoms with van der Waals surface area (Å²) in [5.41, 5.74) is -1.06. The summed E-state index contributed by atoms with van der Waals surface area (Å²) < 4.78 is 24.6. The number of carbonyl (C=O) groups excluding carboxylic acids is 1. The highest BCUT2D eigenvalue weighted by atomic mass is 16.7. The second-order valence-corrected chi connectivity index (χ2v) is 10.5. The van der Waals surface area contributed by atoms with E-state index in [2.05, 4.69) is 20.8 Å². The lowest BCUT2D eigenvalue weighted by Gasteiger charge is -2.56. The van der Waals surface area contributed by atoms with Crippen molar-refractivity contribution in [2.24, 2.45) is 17.3 Å². The van der Waals surface area contributed by atoms with E-state index in [1.165, 1.54) is 0 Å². The molecule has 4 aliphatic heterocycles. The standard InChI is InChI=1S/C21H26O6/c1-9(2)19-14(26-19)15-21(27-15)17(3)6-5-10-11(8-24-16(10)22)12(17)7-13-20(21,25-13)18(19,4)23/h9,12-15,23H,5-8H2,1-4H3/t12-,13-,14-,15-,17-,18-,19-,20+,21+/m0/s1. The Kier molecular flexibility index (Phi) is 2.29. The molecule has 7 rings (SSSR count). The van der Waals surface area contributed by atoms with E-state index in [0.717, 1.165) is 30.4 Å². The van der Waals surface area contributed by atoms with Crippen LogP contribution in [0.25, 0.3) is 0 Å². The molecule has 0 radical (unpaired) electrons. The summed E-state index contributed by atoms with van der Waals surface area (Å²) in [5.74, 6) is 0.247. The van der Waals surface area contributed by atoms with Crippen molar-refractivity contribution in [1.29, 1.82) is 0 Å². The Hall–Kier alpha value is -0.950. The van der Waals surface area contributed by atoms with Gasteiger partial charge in [0.1, 0.15) is 35.6 Å². The second kappa shape index (κ2) is 3.89. The highest BCUT2D eigenvalue weighted by molar-refractivity contribution is 5.92. The molecule has 2 saturated carbocycles. The Morgan fingerprint density at radius 2 is 1.89 bits per heavy atom. The van der Waals surface area contributed by atoms with Gasteiger partial charge in [0.05, 0.1) is 6.10 Å². The molecule has 4 heterocycles. The van der Waals surface area contributed by atoms with E-state index in [9.17, 15) is 9.90 Å². The van der Waals surface area contributed by atoms with Crippen LogP contribution in [0.3, 0.4) is 0 Å². The largest absolute Gasteiger partial charge is 0.458 e. The van der Waals surface area contributed by atoms with Crippen molar-refractivity contribution in [3.8, 4) is 0 Å². The molecule has 0 aromatic rings. The predicted molar refractivity (Wildman–Crippen MR) is 91.7 cm³/mol. The minimum atomic E-state index is -1.10. The number of hydrogen-bond acceptors (Lipinski definition) is 6. The summed E-state index contributed by atoms with van der Waals surface area (Å²) in [6.45, 7) is 8.83. The second-order valence-electron chi connectivity index (χ2n) is 10.5. The smallest absolute Gasteiger partial charge is 0.334 e. The molecule has 6 nitrogen and oxygen atoms in total. The number of cyclic esters (lactones) is 1. The maximum absolute atomic E-state index is 12.1. The van der Waals surface area contributed by atoms with Gasteiger partial charge < -0.3 is 24.1 Å². The van der Waals surface area contributed by atoms with E-state index in [4.69, 9.17) is 18.9 Å². The zero-order chi connectivity index (χ0) is 18.8. The number of ether oxygens (including phenoxy) is 4. The van der Waals surface area contributed by atoms with Gasteiger partial charge in [-0.15, -0.1) is 0 Å². The highest BCUT2D eigenvalue weighted by Crippen LogP contribution is 2.85. The van der Waals surface area contributed by atoms with Crippen LogP contribution in [0.4, 0.5) is 0 Å². The summed E-state index contributed by atoms with van der Waals surface area (Å²) >= 11 is 0. The average molecular weight is 374 g/mol. The summed E-state index contributed by atoms with van der Waals surface area (Å²) in [4.78, 5) is 12.1. The third-order valence-corrected chi connectivity index (χ3v) is 9.61. The average Bonchev–Trinajstić information content (AvgIpc) is 3.46. The summed E-state index contributed by atoms with van der Waals surface area (Å²) in [6, 6.07) is 0. The third kappa shape index (κ3) is 1.21. The number of aliphatic hydroxyl groups is 1. The molecule has 146 valence electrons. The maximum Gasteiger partial charge on any atom is 0.334 e. The van der Waals surface area contributed by atoms with Gasteiger partial charge in [0.15, 0.2) is 5.60 Å².